The molecule has 0 aromatic heterocycles. The maximum absolute atomic E-state index is 3.93. The lowest BCUT2D eigenvalue weighted by atomic mass is 10.2. The molecular formula is C11H15N. The zero-order valence-corrected chi connectivity index (χ0v) is 7.96. The van der Waals surface area contributed by atoms with Gasteiger partial charge in [-0.1, -0.05) is 18.2 Å². The van der Waals surface area contributed by atoms with Crippen molar-refractivity contribution in [1.82, 2.24) is 4.90 Å². The Morgan fingerprint density at radius 2 is 2.08 bits per heavy atom. The van der Waals surface area contributed by atoms with Gasteiger partial charge in [0.1, 0.15) is 0 Å². The summed E-state index contributed by atoms with van der Waals surface area (Å²) < 4.78 is 0. The second-order valence-electron chi connectivity index (χ2n) is 3.31. The van der Waals surface area contributed by atoms with Crippen molar-refractivity contribution in [2.75, 3.05) is 0 Å². The van der Waals surface area contributed by atoms with Gasteiger partial charge in [-0.15, -0.1) is 0 Å². The van der Waals surface area contributed by atoms with Gasteiger partial charge in [-0.05, 0) is 32.4 Å². The first kappa shape index (κ1) is 8.85. The third kappa shape index (κ3) is 2.12. The van der Waals surface area contributed by atoms with E-state index in [2.05, 4.69) is 45.8 Å². The summed E-state index contributed by atoms with van der Waals surface area (Å²) in [6, 6.07) is 0. The van der Waals surface area contributed by atoms with Crippen LogP contribution in [-0.2, 0) is 0 Å². The molecule has 12 heavy (non-hydrogen) atoms. The SMILES string of the molecule is C=C1C=CC(C)=CN1C=C(C)C. The zero-order valence-electron chi connectivity index (χ0n) is 7.96. The topological polar surface area (TPSA) is 3.24 Å². The van der Waals surface area contributed by atoms with Crippen molar-refractivity contribution in [3.63, 3.8) is 0 Å². The molecule has 1 rings (SSSR count). The second-order valence-corrected chi connectivity index (χ2v) is 3.31. The van der Waals surface area contributed by atoms with Gasteiger partial charge in [-0.2, -0.15) is 0 Å². The predicted octanol–water partition coefficient (Wildman–Crippen LogP) is 3.20. The molecule has 0 amide bonds. The molecule has 1 nitrogen and oxygen atoms in total. The van der Waals surface area contributed by atoms with Gasteiger partial charge in [-0.3, -0.25) is 0 Å². The fraction of sp³-hybridized carbons (Fsp3) is 0.273. The molecule has 0 aromatic rings. The summed E-state index contributed by atoms with van der Waals surface area (Å²) >= 11 is 0. The van der Waals surface area contributed by atoms with Crippen LogP contribution in [0.5, 0.6) is 0 Å². The second kappa shape index (κ2) is 3.44. The van der Waals surface area contributed by atoms with Crippen molar-refractivity contribution in [2.45, 2.75) is 20.8 Å². The average molecular weight is 161 g/mol. The standard InChI is InChI=1S/C11H15N/c1-9(2)7-12-8-10(3)5-6-11(12)4/h5-8H,4H2,1-3H3. The summed E-state index contributed by atoms with van der Waals surface area (Å²) in [5, 5.41) is 0. The van der Waals surface area contributed by atoms with Crippen LogP contribution in [0.4, 0.5) is 0 Å². The minimum absolute atomic E-state index is 1.02. The fourth-order valence-corrected chi connectivity index (χ4v) is 1.06. The highest BCUT2D eigenvalue weighted by atomic mass is 15.1. The van der Waals surface area contributed by atoms with E-state index in [9.17, 15) is 0 Å². The molecule has 1 heterocycles. The Labute approximate surface area is 74.4 Å². The first-order valence-corrected chi connectivity index (χ1v) is 4.08. The highest BCUT2D eigenvalue weighted by molar-refractivity contribution is 5.33. The maximum Gasteiger partial charge on any atom is 0.0377 e. The molecule has 1 heteroatoms. The van der Waals surface area contributed by atoms with Gasteiger partial charge in [0.2, 0.25) is 0 Å². The van der Waals surface area contributed by atoms with Crippen LogP contribution in [0.15, 0.2) is 48.0 Å². The number of hydrogen-bond acceptors (Lipinski definition) is 1. The van der Waals surface area contributed by atoms with Gasteiger partial charge in [0.25, 0.3) is 0 Å². The Morgan fingerprint density at radius 1 is 1.42 bits per heavy atom. The minimum atomic E-state index is 1.02. The third-order valence-corrected chi connectivity index (χ3v) is 1.61. The van der Waals surface area contributed by atoms with E-state index in [-0.39, 0.29) is 0 Å². The first-order chi connectivity index (χ1) is 5.59. The third-order valence-electron chi connectivity index (χ3n) is 1.61. The van der Waals surface area contributed by atoms with Gasteiger partial charge in [0.05, 0.1) is 0 Å². The quantitative estimate of drug-likeness (QED) is 0.571. The van der Waals surface area contributed by atoms with E-state index in [0.717, 1.165) is 5.70 Å². The summed E-state index contributed by atoms with van der Waals surface area (Å²) in [6.45, 7) is 10.2. The molecular weight excluding hydrogens is 146 g/mol. The van der Waals surface area contributed by atoms with Crippen molar-refractivity contribution in [1.29, 1.82) is 0 Å². The Bertz CT molecular complexity index is 275. The monoisotopic (exact) mass is 161 g/mol. The van der Waals surface area contributed by atoms with Crippen LogP contribution in [0.25, 0.3) is 0 Å². The van der Waals surface area contributed by atoms with Crippen molar-refractivity contribution in [3.05, 3.63) is 48.0 Å². The van der Waals surface area contributed by atoms with Crippen LogP contribution in [0.3, 0.4) is 0 Å². The van der Waals surface area contributed by atoms with E-state index in [0.29, 0.717) is 0 Å². The largest absolute Gasteiger partial charge is 0.324 e. The molecule has 0 radical (unpaired) electrons. The molecule has 0 bridgehead atoms. The van der Waals surface area contributed by atoms with E-state index >= 15 is 0 Å². The normalized spacial score (nSPS) is 16.1. The lowest BCUT2D eigenvalue weighted by Gasteiger charge is -2.20. The lowest BCUT2D eigenvalue weighted by Crippen LogP contribution is -2.10. The molecule has 0 unspecified atom stereocenters. The summed E-state index contributed by atoms with van der Waals surface area (Å²) in [5.74, 6) is 0. The van der Waals surface area contributed by atoms with Crippen LogP contribution in [0.1, 0.15) is 20.8 Å². The molecule has 0 aromatic carbocycles. The van der Waals surface area contributed by atoms with Crippen LogP contribution >= 0.6 is 0 Å². The number of rotatable bonds is 1. The van der Waals surface area contributed by atoms with E-state index in [1.165, 1.54) is 11.1 Å². The first-order valence-electron chi connectivity index (χ1n) is 4.08. The Balaban J connectivity index is 2.85. The average Bonchev–Trinajstić information content (AvgIpc) is 1.96. The van der Waals surface area contributed by atoms with E-state index < -0.39 is 0 Å². The minimum Gasteiger partial charge on any atom is -0.324 e. The van der Waals surface area contributed by atoms with Gasteiger partial charge in [0.15, 0.2) is 0 Å². The summed E-state index contributed by atoms with van der Waals surface area (Å²) in [7, 11) is 0. The van der Waals surface area contributed by atoms with Gasteiger partial charge >= 0.3 is 0 Å². The number of hydrogen-bond donors (Lipinski definition) is 0. The molecule has 0 saturated heterocycles. The molecule has 64 valence electrons. The Hall–Kier alpha value is -1.24. The molecule has 0 N–H and O–H groups in total. The van der Waals surface area contributed by atoms with Gasteiger partial charge < -0.3 is 4.90 Å². The van der Waals surface area contributed by atoms with Crippen LogP contribution in [0.2, 0.25) is 0 Å². The summed E-state index contributed by atoms with van der Waals surface area (Å²) in [4.78, 5) is 2.05. The van der Waals surface area contributed by atoms with E-state index in [1.807, 2.05) is 11.0 Å². The zero-order chi connectivity index (χ0) is 9.14. The fourth-order valence-electron chi connectivity index (χ4n) is 1.06. The molecule has 0 saturated carbocycles. The molecule has 0 fully saturated rings. The molecule has 0 atom stereocenters. The Kier molecular flexibility index (Phi) is 2.54. The smallest absolute Gasteiger partial charge is 0.0377 e. The summed E-state index contributed by atoms with van der Waals surface area (Å²) in [5.41, 5.74) is 3.54. The van der Waals surface area contributed by atoms with Gasteiger partial charge in [-0.25, -0.2) is 0 Å². The molecule has 0 aliphatic carbocycles. The highest BCUT2D eigenvalue weighted by Crippen LogP contribution is 2.16. The number of nitrogens with zero attached hydrogens (tertiary/aromatic N) is 1. The van der Waals surface area contributed by atoms with Crippen LogP contribution < -0.4 is 0 Å². The van der Waals surface area contributed by atoms with Crippen LogP contribution in [-0.4, -0.2) is 4.90 Å². The van der Waals surface area contributed by atoms with E-state index in [4.69, 9.17) is 0 Å². The Morgan fingerprint density at radius 3 is 2.67 bits per heavy atom. The van der Waals surface area contributed by atoms with Crippen molar-refractivity contribution in [2.24, 2.45) is 0 Å². The van der Waals surface area contributed by atoms with Crippen molar-refractivity contribution < 1.29 is 0 Å². The number of allylic oxidation sites excluding steroid dienone is 4. The maximum atomic E-state index is 3.93. The molecule has 1 aliphatic heterocycles. The molecule has 0 spiro atoms. The predicted molar refractivity (Wildman–Crippen MR) is 53.3 cm³/mol. The van der Waals surface area contributed by atoms with Crippen molar-refractivity contribution >= 4 is 0 Å². The summed E-state index contributed by atoms with van der Waals surface area (Å²) in [6.07, 6.45) is 8.25. The molecule has 1 aliphatic rings. The van der Waals surface area contributed by atoms with Crippen LogP contribution in [0, 0.1) is 0 Å². The lowest BCUT2D eigenvalue weighted by molar-refractivity contribution is 0.635. The van der Waals surface area contributed by atoms with Gasteiger partial charge in [0, 0.05) is 18.1 Å². The van der Waals surface area contributed by atoms with Crippen molar-refractivity contribution in [3.8, 4) is 0 Å². The van der Waals surface area contributed by atoms with E-state index in [1.54, 1.807) is 0 Å². The highest BCUT2D eigenvalue weighted by Gasteiger charge is 2.02.